The summed E-state index contributed by atoms with van der Waals surface area (Å²) in [6, 6.07) is 8.05. The number of rotatable bonds is 2. The zero-order valence-electron chi connectivity index (χ0n) is 11.4. The molecule has 3 rings (SSSR count). The molecule has 106 valence electrons. The molecule has 0 saturated carbocycles. The van der Waals surface area contributed by atoms with Gasteiger partial charge in [-0.2, -0.15) is 0 Å². The summed E-state index contributed by atoms with van der Waals surface area (Å²) in [4.78, 5) is 27.3. The molecule has 1 unspecified atom stereocenters. The van der Waals surface area contributed by atoms with Gasteiger partial charge in [-0.15, -0.1) is 0 Å². The van der Waals surface area contributed by atoms with Crippen LogP contribution in [0.1, 0.15) is 18.4 Å². The van der Waals surface area contributed by atoms with Crippen molar-refractivity contribution in [2.45, 2.75) is 25.3 Å². The number of amides is 2. The van der Waals surface area contributed by atoms with Crippen molar-refractivity contribution >= 4 is 17.5 Å². The topological polar surface area (TPSA) is 66.6 Å². The Morgan fingerprint density at radius 3 is 2.90 bits per heavy atom. The Morgan fingerprint density at radius 2 is 2.15 bits per heavy atom. The lowest BCUT2D eigenvalue weighted by Gasteiger charge is -2.34. The lowest BCUT2D eigenvalue weighted by molar-refractivity contribution is -0.140. The summed E-state index contributed by atoms with van der Waals surface area (Å²) >= 11 is 0. The molecule has 20 heavy (non-hydrogen) atoms. The van der Waals surface area contributed by atoms with Gasteiger partial charge in [-0.05, 0) is 24.5 Å². The van der Waals surface area contributed by atoms with Crippen molar-refractivity contribution in [3.8, 4) is 0 Å². The van der Waals surface area contributed by atoms with E-state index in [4.69, 9.17) is 5.73 Å². The monoisotopic (exact) mass is 273 g/mol. The Kier molecular flexibility index (Phi) is 3.44. The summed E-state index contributed by atoms with van der Waals surface area (Å²) in [7, 11) is 0. The molecule has 1 saturated heterocycles. The van der Waals surface area contributed by atoms with Gasteiger partial charge in [0.05, 0.1) is 6.54 Å². The van der Waals surface area contributed by atoms with E-state index in [1.165, 1.54) is 10.5 Å². The highest BCUT2D eigenvalue weighted by atomic mass is 16.2. The fourth-order valence-corrected chi connectivity index (χ4v) is 3.03. The van der Waals surface area contributed by atoms with Crippen LogP contribution in [0.15, 0.2) is 24.3 Å². The molecule has 0 aromatic heterocycles. The molecular weight excluding hydrogens is 254 g/mol. The molecule has 2 aliphatic rings. The molecule has 1 aromatic rings. The average Bonchev–Trinajstić information content (AvgIpc) is 2.85. The number of likely N-dealkylation sites (tertiary alicyclic amines) is 1. The molecule has 5 heteroatoms. The molecule has 0 radical (unpaired) electrons. The zero-order chi connectivity index (χ0) is 14.1. The minimum Gasteiger partial charge on any atom is -0.360 e. The maximum Gasteiger partial charge on any atom is 0.248 e. The zero-order valence-corrected chi connectivity index (χ0v) is 11.4. The number of fused-ring (bicyclic) bond motifs is 1. The predicted molar refractivity (Wildman–Crippen MR) is 76.3 cm³/mol. The van der Waals surface area contributed by atoms with E-state index in [1.54, 1.807) is 0 Å². The Labute approximate surface area is 118 Å². The molecular formula is C15H19N3O2. The van der Waals surface area contributed by atoms with Crippen LogP contribution in [-0.2, 0) is 16.0 Å². The molecule has 0 bridgehead atoms. The first kappa shape index (κ1) is 13.1. The van der Waals surface area contributed by atoms with E-state index in [9.17, 15) is 9.59 Å². The quantitative estimate of drug-likeness (QED) is 0.853. The van der Waals surface area contributed by atoms with E-state index < -0.39 is 0 Å². The average molecular weight is 273 g/mol. The number of hydrogen-bond donors (Lipinski definition) is 1. The highest BCUT2D eigenvalue weighted by molar-refractivity contribution is 5.98. The maximum absolute atomic E-state index is 12.3. The van der Waals surface area contributed by atoms with Gasteiger partial charge in [-0.1, -0.05) is 18.2 Å². The van der Waals surface area contributed by atoms with Crippen molar-refractivity contribution in [2.24, 2.45) is 5.73 Å². The molecule has 1 fully saturated rings. The summed E-state index contributed by atoms with van der Waals surface area (Å²) in [6.07, 6.45) is 2.10. The second kappa shape index (κ2) is 5.25. The smallest absolute Gasteiger partial charge is 0.248 e. The second-order valence-corrected chi connectivity index (χ2v) is 5.52. The lowest BCUT2D eigenvalue weighted by atomic mass is 9.98. The Morgan fingerprint density at radius 1 is 1.35 bits per heavy atom. The van der Waals surface area contributed by atoms with Crippen LogP contribution in [0.25, 0.3) is 0 Å². The summed E-state index contributed by atoms with van der Waals surface area (Å²) in [5.41, 5.74) is 8.30. The van der Waals surface area contributed by atoms with Crippen LogP contribution >= 0.6 is 0 Å². The molecule has 2 amide bonds. The largest absolute Gasteiger partial charge is 0.360 e. The number of carbonyl (C=O) groups is 2. The Balaban J connectivity index is 1.77. The predicted octanol–water partition coefficient (Wildman–Crippen LogP) is 0.525. The van der Waals surface area contributed by atoms with Crippen LogP contribution in [0.2, 0.25) is 0 Å². The van der Waals surface area contributed by atoms with Crippen LogP contribution in [0, 0.1) is 0 Å². The van der Waals surface area contributed by atoms with E-state index in [0.717, 1.165) is 18.5 Å². The van der Waals surface area contributed by atoms with Gasteiger partial charge in [0.2, 0.25) is 11.8 Å². The van der Waals surface area contributed by atoms with Gasteiger partial charge >= 0.3 is 0 Å². The Hall–Kier alpha value is -1.88. The van der Waals surface area contributed by atoms with E-state index in [1.807, 2.05) is 29.2 Å². The number of anilines is 1. The van der Waals surface area contributed by atoms with Crippen LogP contribution < -0.4 is 10.6 Å². The fraction of sp³-hybridized carbons (Fsp3) is 0.467. The Bertz CT molecular complexity index is 544. The molecule has 2 aliphatic heterocycles. The number of nitrogens with two attached hydrogens (primary N) is 1. The van der Waals surface area contributed by atoms with Crippen molar-refractivity contribution < 1.29 is 9.59 Å². The van der Waals surface area contributed by atoms with Crippen molar-refractivity contribution in [1.82, 2.24) is 4.90 Å². The SMILES string of the molecule is NC1Cc2ccccc2N(CC(=O)N2CCCC2=O)C1. The highest BCUT2D eigenvalue weighted by Gasteiger charge is 2.29. The van der Waals surface area contributed by atoms with E-state index in [2.05, 4.69) is 0 Å². The normalized spacial score (nSPS) is 22.1. The van der Waals surface area contributed by atoms with E-state index in [-0.39, 0.29) is 24.4 Å². The number of nitrogens with zero attached hydrogens (tertiary/aromatic N) is 2. The minimum absolute atomic E-state index is 0.0342. The maximum atomic E-state index is 12.3. The van der Waals surface area contributed by atoms with Crippen LogP contribution in [-0.4, -0.2) is 42.4 Å². The number of benzene rings is 1. The van der Waals surface area contributed by atoms with Crippen LogP contribution in [0.5, 0.6) is 0 Å². The van der Waals surface area contributed by atoms with Gasteiger partial charge in [0.1, 0.15) is 0 Å². The van der Waals surface area contributed by atoms with Gasteiger partial charge in [0.25, 0.3) is 0 Å². The van der Waals surface area contributed by atoms with Gasteiger partial charge in [-0.3, -0.25) is 14.5 Å². The standard InChI is InChI=1S/C15H19N3O2/c16-12-8-11-4-1-2-5-13(11)17(9-12)10-15(20)18-7-3-6-14(18)19/h1-2,4-5,12H,3,6-10,16H2. The van der Waals surface area contributed by atoms with Gasteiger partial charge in [0, 0.05) is 31.2 Å². The molecule has 2 N–H and O–H groups in total. The molecule has 0 aliphatic carbocycles. The summed E-state index contributed by atoms with van der Waals surface area (Å²) in [5, 5.41) is 0. The first-order chi connectivity index (χ1) is 9.65. The number of imide groups is 1. The lowest BCUT2D eigenvalue weighted by Crippen LogP contribution is -2.48. The third kappa shape index (κ3) is 2.41. The van der Waals surface area contributed by atoms with E-state index >= 15 is 0 Å². The summed E-state index contributed by atoms with van der Waals surface area (Å²) < 4.78 is 0. The van der Waals surface area contributed by atoms with Crippen molar-refractivity contribution in [3.63, 3.8) is 0 Å². The number of carbonyl (C=O) groups excluding carboxylic acids is 2. The third-order valence-corrected chi connectivity index (χ3v) is 3.97. The fourth-order valence-electron chi connectivity index (χ4n) is 3.03. The number of para-hydroxylation sites is 1. The van der Waals surface area contributed by atoms with Crippen LogP contribution in [0.4, 0.5) is 5.69 Å². The summed E-state index contributed by atoms with van der Waals surface area (Å²) in [6.45, 7) is 1.44. The van der Waals surface area contributed by atoms with E-state index in [0.29, 0.717) is 19.5 Å². The second-order valence-electron chi connectivity index (χ2n) is 5.52. The van der Waals surface area contributed by atoms with Crippen LogP contribution in [0.3, 0.4) is 0 Å². The van der Waals surface area contributed by atoms with Crippen molar-refractivity contribution in [1.29, 1.82) is 0 Å². The van der Waals surface area contributed by atoms with Gasteiger partial charge < -0.3 is 10.6 Å². The van der Waals surface area contributed by atoms with Crippen molar-refractivity contribution in [2.75, 3.05) is 24.5 Å². The van der Waals surface area contributed by atoms with Crippen molar-refractivity contribution in [3.05, 3.63) is 29.8 Å². The minimum atomic E-state index is -0.114. The summed E-state index contributed by atoms with van der Waals surface area (Å²) in [5.74, 6) is -0.166. The molecule has 2 heterocycles. The highest BCUT2D eigenvalue weighted by Crippen LogP contribution is 2.26. The first-order valence-corrected chi connectivity index (χ1v) is 7.07. The molecule has 5 nitrogen and oxygen atoms in total. The first-order valence-electron chi connectivity index (χ1n) is 7.07. The molecule has 1 atom stereocenters. The molecule has 1 aromatic carbocycles. The van der Waals surface area contributed by atoms with Gasteiger partial charge in [0.15, 0.2) is 0 Å². The molecule has 0 spiro atoms. The third-order valence-electron chi connectivity index (χ3n) is 3.97. The van der Waals surface area contributed by atoms with Gasteiger partial charge in [-0.25, -0.2) is 0 Å². The number of hydrogen-bond acceptors (Lipinski definition) is 4.